The van der Waals surface area contributed by atoms with E-state index in [2.05, 4.69) is 9.64 Å². The van der Waals surface area contributed by atoms with Gasteiger partial charge in [-0.3, -0.25) is 4.79 Å². The van der Waals surface area contributed by atoms with E-state index in [-0.39, 0.29) is 23.2 Å². The zero-order valence-electron chi connectivity index (χ0n) is 17.8. The van der Waals surface area contributed by atoms with Crippen LogP contribution in [0.4, 0.5) is 18.9 Å². The van der Waals surface area contributed by atoms with Crippen LogP contribution in [0.3, 0.4) is 0 Å². The first kappa shape index (κ1) is 22.2. The van der Waals surface area contributed by atoms with Crippen LogP contribution in [-0.2, 0) is 4.79 Å². The Morgan fingerprint density at radius 1 is 1.16 bits per heavy atom. The number of likely N-dealkylation sites (tertiary alicyclic amines) is 1. The van der Waals surface area contributed by atoms with Crippen LogP contribution in [0.25, 0.3) is 0 Å². The summed E-state index contributed by atoms with van der Waals surface area (Å²) in [4.78, 5) is 18.8. The number of carbonyl (C=O) groups excluding carboxylic acids is 1. The van der Waals surface area contributed by atoms with E-state index < -0.39 is 12.4 Å². The van der Waals surface area contributed by atoms with E-state index in [0.29, 0.717) is 31.9 Å². The number of halogens is 3. The third-order valence-electron chi connectivity index (χ3n) is 6.99. The number of nitrogens with zero attached hydrogens (tertiary/aromatic N) is 3. The zero-order chi connectivity index (χ0) is 22.2. The van der Waals surface area contributed by atoms with E-state index in [0.717, 1.165) is 38.8 Å². The normalized spacial score (nSPS) is 26.4. The lowest BCUT2D eigenvalue weighted by Gasteiger charge is -2.41. The molecule has 4 rings (SSSR count). The number of carbonyl (C=O) groups is 1. The van der Waals surface area contributed by atoms with Crippen LogP contribution in [-0.4, -0.2) is 78.6 Å². The van der Waals surface area contributed by atoms with Crippen molar-refractivity contribution in [1.82, 2.24) is 9.80 Å². The van der Waals surface area contributed by atoms with Gasteiger partial charge in [-0.2, -0.15) is 0 Å². The first-order chi connectivity index (χ1) is 14.7. The van der Waals surface area contributed by atoms with E-state index in [4.69, 9.17) is 0 Å². The summed E-state index contributed by atoms with van der Waals surface area (Å²) in [5, 5.41) is 10.3. The van der Waals surface area contributed by atoms with Gasteiger partial charge in [0.05, 0.1) is 6.10 Å². The highest BCUT2D eigenvalue weighted by Crippen LogP contribution is 2.53. The number of hydrogen-bond acceptors (Lipinski definition) is 5. The molecule has 2 atom stereocenters. The molecule has 6 nitrogen and oxygen atoms in total. The quantitative estimate of drug-likeness (QED) is 0.736. The number of aliphatic hydroxyl groups is 1. The van der Waals surface area contributed by atoms with Gasteiger partial charge in [-0.05, 0) is 63.2 Å². The minimum atomic E-state index is -4.75. The summed E-state index contributed by atoms with van der Waals surface area (Å²) in [5.74, 6) is -0.312. The molecule has 1 N–H and O–H groups in total. The molecule has 1 aromatic rings. The Balaban J connectivity index is 1.27. The molecular weight excluding hydrogens is 411 g/mol. The second kappa shape index (κ2) is 8.50. The zero-order valence-corrected chi connectivity index (χ0v) is 17.8. The van der Waals surface area contributed by atoms with Crippen molar-refractivity contribution in [2.75, 3.05) is 44.2 Å². The number of ether oxygens (including phenoxy) is 1. The third-order valence-corrected chi connectivity index (χ3v) is 6.99. The highest BCUT2D eigenvalue weighted by molar-refractivity contribution is 5.86. The average molecular weight is 441 g/mol. The Morgan fingerprint density at radius 2 is 1.94 bits per heavy atom. The standard InChI is InChI=1S/C22H30F3N3O3/c1-16-20(30)27(10-3-9-26-11-8-21(6-7-21)19(29)15-26)12-13-28(16)17-4-2-5-18(14-17)31-22(23,24)25/h2,4-5,14,16,19,29H,3,6-13,15H2,1H3/t16?,19-/m1/s1. The van der Waals surface area contributed by atoms with Crippen molar-refractivity contribution >= 4 is 11.6 Å². The molecule has 31 heavy (non-hydrogen) atoms. The van der Waals surface area contributed by atoms with Crippen molar-refractivity contribution in [3.63, 3.8) is 0 Å². The van der Waals surface area contributed by atoms with Crippen molar-refractivity contribution in [2.24, 2.45) is 5.41 Å². The Bertz CT molecular complexity index is 800. The molecule has 1 aliphatic carbocycles. The number of aliphatic hydroxyl groups excluding tert-OH is 1. The smallest absolute Gasteiger partial charge is 0.406 e. The molecule has 9 heteroatoms. The summed E-state index contributed by atoms with van der Waals surface area (Å²) >= 11 is 0. The molecule has 3 aliphatic rings. The molecule has 1 spiro atoms. The van der Waals surface area contributed by atoms with E-state index in [9.17, 15) is 23.1 Å². The van der Waals surface area contributed by atoms with Gasteiger partial charge >= 0.3 is 6.36 Å². The van der Waals surface area contributed by atoms with Gasteiger partial charge in [0.2, 0.25) is 5.91 Å². The topological polar surface area (TPSA) is 56.2 Å². The number of amides is 1. The van der Waals surface area contributed by atoms with Crippen LogP contribution < -0.4 is 9.64 Å². The number of anilines is 1. The Kier molecular flexibility index (Phi) is 6.09. The fraction of sp³-hybridized carbons (Fsp3) is 0.682. The number of β-amino-alcohol motifs (C(OH)–C–C–N with tert-alkyl or cyclic N) is 1. The minimum Gasteiger partial charge on any atom is -0.406 e. The van der Waals surface area contributed by atoms with Gasteiger partial charge in [0.1, 0.15) is 11.8 Å². The summed E-state index contributed by atoms with van der Waals surface area (Å²) < 4.78 is 41.5. The molecular formula is C22H30F3N3O3. The van der Waals surface area contributed by atoms with E-state index in [1.54, 1.807) is 13.0 Å². The van der Waals surface area contributed by atoms with Crippen LogP contribution in [0.5, 0.6) is 5.75 Å². The number of piperidine rings is 1. The first-order valence-electron chi connectivity index (χ1n) is 11.0. The highest BCUT2D eigenvalue weighted by Gasteiger charge is 2.51. The lowest BCUT2D eigenvalue weighted by molar-refractivity contribution is -0.274. The van der Waals surface area contributed by atoms with E-state index in [1.807, 2.05) is 9.80 Å². The Labute approximate surface area is 180 Å². The summed E-state index contributed by atoms with van der Waals surface area (Å²) in [5.41, 5.74) is 0.735. The van der Waals surface area contributed by atoms with Gasteiger partial charge in [-0.25, -0.2) is 0 Å². The van der Waals surface area contributed by atoms with Crippen LogP contribution in [0.15, 0.2) is 24.3 Å². The molecule has 1 saturated carbocycles. The van der Waals surface area contributed by atoms with Gasteiger partial charge in [-0.1, -0.05) is 6.07 Å². The molecule has 0 aromatic heterocycles. The summed E-state index contributed by atoms with van der Waals surface area (Å²) in [6.07, 6.45) is -0.799. The van der Waals surface area contributed by atoms with Crippen molar-refractivity contribution in [3.8, 4) is 5.75 Å². The maximum Gasteiger partial charge on any atom is 0.573 e. The molecule has 0 bridgehead atoms. The third kappa shape index (κ3) is 5.09. The lowest BCUT2D eigenvalue weighted by Crippen LogP contribution is -2.56. The first-order valence-corrected chi connectivity index (χ1v) is 11.0. The molecule has 0 radical (unpaired) electrons. The second-order valence-electron chi connectivity index (χ2n) is 9.02. The lowest BCUT2D eigenvalue weighted by atomic mass is 9.90. The fourth-order valence-electron chi connectivity index (χ4n) is 4.87. The number of alkyl halides is 3. The predicted molar refractivity (Wildman–Crippen MR) is 110 cm³/mol. The van der Waals surface area contributed by atoms with Crippen molar-refractivity contribution in [3.05, 3.63) is 24.3 Å². The summed E-state index contributed by atoms with van der Waals surface area (Å²) in [7, 11) is 0. The van der Waals surface area contributed by atoms with E-state index in [1.165, 1.54) is 18.2 Å². The summed E-state index contributed by atoms with van der Waals surface area (Å²) in [6, 6.07) is 5.31. The number of piperazine rings is 1. The van der Waals surface area contributed by atoms with Gasteiger partial charge in [0.15, 0.2) is 0 Å². The van der Waals surface area contributed by atoms with Crippen molar-refractivity contribution < 1.29 is 27.8 Å². The molecule has 1 amide bonds. The van der Waals surface area contributed by atoms with Crippen LogP contribution >= 0.6 is 0 Å². The van der Waals surface area contributed by atoms with Gasteiger partial charge in [-0.15, -0.1) is 13.2 Å². The van der Waals surface area contributed by atoms with Crippen molar-refractivity contribution in [2.45, 2.75) is 51.1 Å². The summed E-state index contributed by atoms with van der Waals surface area (Å²) in [6.45, 7) is 6.08. The second-order valence-corrected chi connectivity index (χ2v) is 9.02. The van der Waals surface area contributed by atoms with Crippen LogP contribution in [0, 0.1) is 5.41 Å². The number of hydrogen-bond donors (Lipinski definition) is 1. The number of benzene rings is 1. The minimum absolute atomic E-state index is 0.0241. The SMILES string of the molecule is CC1C(=O)N(CCCN2CCC3(CC3)[C@H](O)C2)CCN1c1cccc(OC(F)(F)F)c1. The average Bonchev–Trinajstić information content (AvgIpc) is 3.48. The monoisotopic (exact) mass is 441 g/mol. The molecule has 172 valence electrons. The highest BCUT2D eigenvalue weighted by atomic mass is 19.4. The Morgan fingerprint density at radius 3 is 2.61 bits per heavy atom. The molecule has 3 fully saturated rings. The molecule has 2 saturated heterocycles. The van der Waals surface area contributed by atoms with Crippen LogP contribution in [0.2, 0.25) is 0 Å². The molecule has 2 aliphatic heterocycles. The number of rotatable bonds is 6. The van der Waals surface area contributed by atoms with Gasteiger partial charge in [0, 0.05) is 37.9 Å². The van der Waals surface area contributed by atoms with Gasteiger partial charge < -0.3 is 24.5 Å². The molecule has 1 unspecified atom stereocenters. The predicted octanol–water partition coefficient (Wildman–Crippen LogP) is 2.86. The van der Waals surface area contributed by atoms with Gasteiger partial charge in [0.25, 0.3) is 0 Å². The van der Waals surface area contributed by atoms with E-state index >= 15 is 0 Å². The molecule has 2 heterocycles. The Hall–Kier alpha value is -2.00. The maximum atomic E-state index is 12.9. The van der Waals surface area contributed by atoms with Crippen LogP contribution in [0.1, 0.15) is 32.6 Å². The maximum absolute atomic E-state index is 12.9. The largest absolute Gasteiger partial charge is 0.573 e. The fourth-order valence-corrected chi connectivity index (χ4v) is 4.87. The molecule has 1 aromatic carbocycles. The van der Waals surface area contributed by atoms with Crippen molar-refractivity contribution in [1.29, 1.82) is 0 Å².